The molecule has 0 radical (unpaired) electrons. The fraction of sp³-hybridized carbons (Fsp3) is 0.708. The number of anilines is 1. The molecule has 3 saturated carbocycles. The summed E-state index contributed by atoms with van der Waals surface area (Å²) in [6.45, 7) is 5.61. The van der Waals surface area contributed by atoms with Crippen molar-refractivity contribution in [2.45, 2.75) is 58.4 Å². The number of urea groups is 1. The van der Waals surface area contributed by atoms with E-state index < -0.39 is 0 Å². The smallest absolute Gasteiger partial charge is 0.321 e. The van der Waals surface area contributed by atoms with Gasteiger partial charge in [-0.15, -0.1) is 11.3 Å². The molecule has 3 aliphatic carbocycles. The largest absolute Gasteiger partial charge is 0.338 e. The fourth-order valence-electron chi connectivity index (χ4n) is 7.82. The normalized spacial score (nSPS) is 41.3. The maximum Gasteiger partial charge on any atom is 0.321 e. The van der Waals surface area contributed by atoms with Crippen LogP contribution in [0.4, 0.5) is 9.93 Å². The summed E-state index contributed by atoms with van der Waals surface area (Å²) >= 11 is 1.44. The van der Waals surface area contributed by atoms with Crippen molar-refractivity contribution in [3.8, 4) is 0 Å². The first-order valence-electron chi connectivity index (χ1n) is 11.7. The van der Waals surface area contributed by atoms with Gasteiger partial charge in [0.05, 0.1) is 0 Å². The van der Waals surface area contributed by atoms with Crippen molar-refractivity contribution in [1.29, 1.82) is 0 Å². The molecule has 0 saturated heterocycles. The maximum absolute atomic E-state index is 12.3. The number of thiazole rings is 1. The minimum Gasteiger partial charge on any atom is -0.338 e. The number of hydrogen-bond donors (Lipinski definition) is 2. The molecule has 31 heavy (non-hydrogen) atoms. The summed E-state index contributed by atoms with van der Waals surface area (Å²) in [5.74, 6) is 2.77. The molecule has 4 aliphatic rings. The van der Waals surface area contributed by atoms with Crippen LogP contribution >= 0.6 is 11.3 Å². The summed E-state index contributed by atoms with van der Waals surface area (Å²) in [6, 6.07) is 0.188. The van der Waals surface area contributed by atoms with Crippen molar-refractivity contribution < 1.29 is 9.59 Å². The van der Waals surface area contributed by atoms with Crippen LogP contribution in [0.25, 0.3) is 0 Å². The molecule has 6 nitrogen and oxygen atoms in total. The Hall–Kier alpha value is -1.89. The van der Waals surface area contributed by atoms with E-state index in [1.54, 1.807) is 6.20 Å². The first-order chi connectivity index (χ1) is 14.8. The summed E-state index contributed by atoms with van der Waals surface area (Å²) in [5.41, 5.74) is 0.385. The number of aromatic nitrogens is 1. The highest BCUT2D eigenvalue weighted by Gasteiger charge is 2.60. The molecule has 0 spiro atoms. The highest BCUT2D eigenvalue weighted by Crippen LogP contribution is 2.65. The number of fused-ring (bicyclic) bond motifs is 5. The molecule has 3 amide bonds. The third-order valence-corrected chi connectivity index (χ3v) is 10.2. The standard InChI is InChI=1S/C24H34N4O2S/c1-23-10-8-18-16(5-7-19-24(18,2)11-9-20(29)28(19)3)17(23)6-4-15(23)14-26-21(30)27-22-25-12-13-31-22/h9,11-13,15-19H,4-8,10,14H2,1-3H3,(H2,25,26,27,30)/t15?,16-,17-,18+,19?,23+,24+/m0/s1. The van der Waals surface area contributed by atoms with Crippen LogP contribution in [-0.4, -0.2) is 41.5 Å². The Morgan fingerprint density at radius 1 is 1.23 bits per heavy atom. The lowest BCUT2D eigenvalue weighted by Crippen LogP contribution is -2.59. The van der Waals surface area contributed by atoms with Gasteiger partial charge in [0, 0.05) is 36.6 Å². The van der Waals surface area contributed by atoms with Crippen molar-refractivity contribution in [3.05, 3.63) is 23.7 Å². The summed E-state index contributed by atoms with van der Waals surface area (Å²) < 4.78 is 0. The van der Waals surface area contributed by atoms with Crippen LogP contribution in [0, 0.1) is 34.5 Å². The lowest BCUT2D eigenvalue weighted by molar-refractivity contribution is -0.138. The number of nitrogens with one attached hydrogen (secondary N) is 2. The number of amides is 3. The van der Waals surface area contributed by atoms with Gasteiger partial charge >= 0.3 is 6.03 Å². The van der Waals surface area contributed by atoms with Gasteiger partial charge in [0.25, 0.3) is 0 Å². The lowest BCUT2D eigenvalue weighted by Gasteiger charge is -2.60. The van der Waals surface area contributed by atoms with Crippen LogP contribution in [0.1, 0.15) is 52.4 Å². The molecule has 1 aromatic rings. The summed E-state index contributed by atoms with van der Waals surface area (Å²) in [5, 5.41) is 8.46. The monoisotopic (exact) mass is 442 g/mol. The molecule has 3 fully saturated rings. The van der Waals surface area contributed by atoms with E-state index in [-0.39, 0.29) is 17.4 Å². The van der Waals surface area contributed by atoms with Gasteiger partial charge in [0.15, 0.2) is 5.13 Å². The van der Waals surface area contributed by atoms with Crippen molar-refractivity contribution in [2.24, 2.45) is 34.5 Å². The Kier molecular flexibility index (Phi) is 5.15. The van der Waals surface area contributed by atoms with Crippen molar-refractivity contribution in [1.82, 2.24) is 15.2 Å². The molecular weight excluding hydrogens is 408 g/mol. The second-order valence-corrected chi connectivity index (χ2v) is 11.5. The highest BCUT2D eigenvalue weighted by molar-refractivity contribution is 7.13. The van der Waals surface area contributed by atoms with E-state index in [9.17, 15) is 9.59 Å². The van der Waals surface area contributed by atoms with E-state index in [4.69, 9.17) is 0 Å². The van der Waals surface area contributed by atoms with Crippen LogP contribution in [0.15, 0.2) is 23.7 Å². The van der Waals surface area contributed by atoms with Crippen LogP contribution in [0.2, 0.25) is 0 Å². The number of nitrogens with zero attached hydrogens (tertiary/aromatic N) is 2. The van der Waals surface area contributed by atoms with Crippen LogP contribution in [-0.2, 0) is 4.79 Å². The van der Waals surface area contributed by atoms with Gasteiger partial charge in [0.2, 0.25) is 5.91 Å². The molecule has 0 aromatic carbocycles. The van der Waals surface area contributed by atoms with E-state index in [2.05, 4.69) is 35.5 Å². The number of carbonyl (C=O) groups excluding carboxylic acids is 2. The van der Waals surface area contributed by atoms with E-state index >= 15 is 0 Å². The van der Waals surface area contributed by atoms with E-state index in [1.807, 2.05) is 23.4 Å². The molecule has 2 N–H and O–H groups in total. The number of rotatable bonds is 3. The third-order valence-electron chi connectivity index (χ3n) is 9.49. The highest BCUT2D eigenvalue weighted by atomic mass is 32.1. The third kappa shape index (κ3) is 3.31. The zero-order valence-electron chi connectivity index (χ0n) is 18.8. The second kappa shape index (κ2) is 7.61. The second-order valence-electron chi connectivity index (χ2n) is 10.6. The molecule has 1 aliphatic heterocycles. The zero-order valence-corrected chi connectivity index (χ0v) is 19.6. The van der Waals surface area contributed by atoms with Gasteiger partial charge in [-0.05, 0) is 73.7 Å². The number of carbonyl (C=O) groups is 2. The minimum absolute atomic E-state index is 0.0941. The molecule has 2 heterocycles. The van der Waals surface area contributed by atoms with Crippen LogP contribution in [0.5, 0.6) is 0 Å². The molecule has 7 heteroatoms. The average molecular weight is 443 g/mol. The SMILES string of the molecule is CN1C(=O)C=C[C@@]2(C)C1CC[C@@H]1[C@H]2CC[C@]2(C)C(CNC(=O)Nc3nccs3)CC[C@@H]12. The molecule has 0 bridgehead atoms. The Bertz CT molecular complexity index is 886. The summed E-state index contributed by atoms with van der Waals surface area (Å²) in [7, 11) is 1.98. The summed E-state index contributed by atoms with van der Waals surface area (Å²) in [4.78, 5) is 30.7. The van der Waals surface area contributed by atoms with Gasteiger partial charge in [-0.1, -0.05) is 19.9 Å². The van der Waals surface area contributed by atoms with Crippen LogP contribution in [0.3, 0.4) is 0 Å². The molecule has 7 atom stereocenters. The average Bonchev–Trinajstić information content (AvgIpc) is 3.36. The van der Waals surface area contributed by atoms with Gasteiger partial charge in [-0.25, -0.2) is 9.78 Å². The molecule has 5 rings (SSSR count). The predicted molar refractivity (Wildman–Crippen MR) is 123 cm³/mol. The van der Waals surface area contributed by atoms with Crippen molar-refractivity contribution >= 4 is 28.4 Å². The maximum atomic E-state index is 12.3. The van der Waals surface area contributed by atoms with Crippen LogP contribution < -0.4 is 10.6 Å². The topological polar surface area (TPSA) is 74.3 Å². The van der Waals surface area contributed by atoms with Crippen molar-refractivity contribution in [3.63, 3.8) is 0 Å². The van der Waals surface area contributed by atoms with Gasteiger partial charge < -0.3 is 10.2 Å². The van der Waals surface area contributed by atoms with E-state index in [0.29, 0.717) is 34.3 Å². The minimum atomic E-state index is -0.149. The molecule has 168 valence electrons. The summed E-state index contributed by atoms with van der Waals surface area (Å²) in [6.07, 6.45) is 13.0. The molecular formula is C24H34N4O2S. The Balaban J connectivity index is 1.28. The van der Waals surface area contributed by atoms with E-state index in [1.165, 1.54) is 43.4 Å². The Morgan fingerprint density at radius 3 is 2.84 bits per heavy atom. The van der Waals surface area contributed by atoms with Gasteiger partial charge in [-0.3, -0.25) is 10.1 Å². The van der Waals surface area contributed by atoms with Crippen molar-refractivity contribution in [2.75, 3.05) is 18.9 Å². The Morgan fingerprint density at radius 2 is 2.06 bits per heavy atom. The fourth-order valence-corrected chi connectivity index (χ4v) is 8.35. The quantitative estimate of drug-likeness (QED) is 0.723. The van der Waals surface area contributed by atoms with Gasteiger partial charge in [0.1, 0.15) is 0 Å². The zero-order chi connectivity index (χ0) is 21.8. The van der Waals surface area contributed by atoms with E-state index in [0.717, 1.165) is 18.9 Å². The molecule has 1 aromatic heterocycles. The first kappa shape index (κ1) is 21.0. The predicted octanol–water partition coefficient (Wildman–Crippen LogP) is 4.52. The lowest BCUT2D eigenvalue weighted by atomic mass is 9.47. The Labute approximate surface area is 188 Å². The first-order valence-corrected chi connectivity index (χ1v) is 12.6. The molecule has 2 unspecified atom stereocenters. The number of likely N-dealkylation sites (N-methyl/N-ethyl adjacent to an activating group) is 1. The number of hydrogen-bond acceptors (Lipinski definition) is 4. The van der Waals surface area contributed by atoms with Gasteiger partial charge in [-0.2, -0.15) is 0 Å².